The maximum Gasteiger partial charge on any atom is 0.312 e. The van der Waals surface area contributed by atoms with E-state index in [0.29, 0.717) is 39.3 Å². The van der Waals surface area contributed by atoms with Crippen molar-refractivity contribution in [2.75, 3.05) is 7.11 Å². The minimum absolute atomic E-state index is 0.0621. The van der Waals surface area contributed by atoms with Gasteiger partial charge in [0, 0.05) is 35.5 Å². The first-order valence-corrected chi connectivity index (χ1v) is 10.9. The van der Waals surface area contributed by atoms with Crippen molar-refractivity contribution in [3.05, 3.63) is 99.3 Å². The molecule has 172 valence electrons. The molecule has 0 radical (unpaired) electrons. The molecule has 8 nitrogen and oxygen atoms in total. The summed E-state index contributed by atoms with van der Waals surface area (Å²) in [4.78, 5) is 45.6. The number of H-pyrrole nitrogens is 1. The third-order valence-corrected chi connectivity index (χ3v) is 6.22. The molecule has 1 unspecified atom stereocenters. The minimum Gasteiger partial charge on any atom is -0.497 e. The van der Waals surface area contributed by atoms with E-state index in [4.69, 9.17) is 14.2 Å². The van der Waals surface area contributed by atoms with E-state index < -0.39 is 11.9 Å². The number of nitrogens with zero attached hydrogens (tertiary/aromatic N) is 1. The largest absolute Gasteiger partial charge is 0.497 e. The Morgan fingerprint density at radius 1 is 1.09 bits per heavy atom. The highest BCUT2D eigenvalue weighted by atomic mass is 16.5. The van der Waals surface area contributed by atoms with E-state index in [1.807, 2.05) is 12.1 Å². The number of benzene rings is 2. The number of ether oxygens (including phenoxy) is 3. The van der Waals surface area contributed by atoms with E-state index >= 15 is 0 Å². The maximum absolute atomic E-state index is 13.1. The zero-order valence-corrected chi connectivity index (χ0v) is 18.5. The predicted octanol–water partition coefficient (Wildman–Crippen LogP) is 3.99. The fraction of sp³-hybridized carbons (Fsp3) is 0.111. The molecule has 0 saturated carbocycles. The highest BCUT2D eigenvalue weighted by molar-refractivity contribution is 6.15. The Hall–Kier alpha value is -4.72. The van der Waals surface area contributed by atoms with Gasteiger partial charge in [0.25, 0.3) is 5.56 Å². The number of methoxy groups -OCH3 is 1. The van der Waals surface area contributed by atoms with Crippen molar-refractivity contribution < 1.29 is 23.8 Å². The third-order valence-electron chi connectivity index (χ3n) is 6.22. The Morgan fingerprint density at radius 3 is 2.77 bits per heavy atom. The van der Waals surface area contributed by atoms with Crippen LogP contribution in [0.25, 0.3) is 17.0 Å². The van der Waals surface area contributed by atoms with Crippen LogP contribution < -0.4 is 19.8 Å². The first kappa shape index (κ1) is 20.9. The Balaban J connectivity index is 1.50. The van der Waals surface area contributed by atoms with Crippen LogP contribution in [0.5, 0.6) is 17.2 Å². The van der Waals surface area contributed by atoms with Gasteiger partial charge in [0.05, 0.1) is 24.6 Å². The zero-order valence-electron chi connectivity index (χ0n) is 18.5. The van der Waals surface area contributed by atoms with Crippen molar-refractivity contribution >= 4 is 28.7 Å². The molecule has 2 aliphatic heterocycles. The molecule has 2 aromatic heterocycles. The molecule has 6 rings (SSSR count). The van der Waals surface area contributed by atoms with Gasteiger partial charge in [-0.1, -0.05) is 6.07 Å². The number of aromatic amines is 1. The minimum atomic E-state index is -0.651. The second kappa shape index (κ2) is 7.95. The number of carbonyl (C=O) groups is 2. The highest BCUT2D eigenvalue weighted by Crippen LogP contribution is 2.48. The third kappa shape index (κ3) is 3.47. The van der Waals surface area contributed by atoms with Gasteiger partial charge in [-0.05, 0) is 53.4 Å². The van der Waals surface area contributed by atoms with Crippen LogP contribution in [0.1, 0.15) is 39.4 Å². The van der Waals surface area contributed by atoms with E-state index in [9.17, 15) is 14.4 Å². The molecular weight excluding hydrogens is 448 g/mol. The van der Waals surface area contributed by atoms with Crippen molar-refractivity contribution in [2.45, 2.75) is 12.3 Å². The van der Waals surface area contributed by atoms with Gasteiger partial charge in [-0.15, -0.1) is 0 Å². The lowest BCUT2D eigenvalue weighted by Gasteiger charge is -2.26. The molecule has 4 heterocycles. The number of Topliss-reactive ketones (excluding diaryl/α,β-unsaturated/α-hetero) is 1. The van der Waals surface area contributed by atoms with Crippen LogP contribution >= 0.6 is 0 Å². The van der Waals surface area contributed by atoms with Gasteiger partial charge < -0.3 is 19.2 Å². The summed E-state index contributed by atoms with van der Waals surface area (Å²) in [6.07, 6.45) is 4.81. The number of hydrogen-bond acceptors (Lipinski definition) is 7. The number of ketones is 1. The van der Waals surface area contributed by atoms with Crippen molar-refractivity contribution in [1.82, 2.24) is 9.97 Å². The van der Waals surface area contributed by atoms with Crippen molar-refractivity contribution in [3.63, 3.8) is 0 Å². The average Bonchev–Trinajstić information content (AvgIpc) is 3.18. The summed E-state index contributed by atoms with van der Waals surface area (Å²) in [6, 6.07) is 13.8. The van der Waals surface area contributed by atoms with E-state index in [2.05, 4.69) is 9.97 Å². The van der Waals surface area contributed by atoms with Gasteiger partial charge in [-0.25, -0.2) is 0 Å². The molecule has 0 fully saturated rings. The molecule has 1 N–H and O–H groups in total. The van der Waals surface area contributed by atoms with Crippen LogP contribution in [0.2, 0.25) is 0 Å². The van der Waals surface area contributed by atoms with Crippen molar-refractivity contribution in [1.29, 1.82) is 0 Å². The van der Waals surface area contributed by atoms with Crippen molar-refractivity contribution in [3.8, 4) is 17.2 Å². The fourth-order valence-corrected chi connectivity index (χ4v) is 4.57. The second-order valence-corrected chi connectivity index (χ2v) is 8.32. The van der Waals surface area contributed by atoms with Gasteiger partial charge >= 0.3 is 5.97 Å². The summed E-state index contributed by atoms with van der Waals surface area (Å²) < 4.78 is 16.7. The SMILES string of the molecule is COc1ccc2cc(C3CC(=O)Oc4ccc5c(c43)OC(=Cc3cccnc3)C5=O)c(=O)[nH]c2c1. The molecule has 2 aromatic carbocycles. The molecule has 0 amide bonds. The van der Waals surface area contributed by atoms with E-state index in [-0.39, 0.29) is 29.3 Å². The van der Waals surface area contributed by atoms with E-state index in [0.717, 1.165) is 5.39 Å². The lowest BCUT2D eigenvalue weighted by atomic mass is 9.85. The number of nitrogens with one attached hydrogen (secondary N) is 1. The molecule has 0 saturated heterocycles. The smallest absolute Gasteiger partial charge is 0.312 e. The average molecular weight is 466 g/mol. The first-order valence-electron chi connectivity index (χ1n) is 10.9. The number of carbonyl (C=O) groups excluding carboxylic acids is 2. The number of rotatable bonds is 3. The second-order valence-electron chi connectivity index (χ2n) is 8.32. The number of pyridine rings is 2. The van der Waals surface area contributed by atoms with E-state index in [1.54, 1.807) is 62.0 Å². The molecular formula is C27H18N2O6. The zero-order chi connectivity index (χ0) is 24.1. The predicted molar refractivity (Wildman–Crippen MR) is 127 cm³/mol. The van der Waals surface area contributed by atoms with Gasteiger partial charge in [-0.2, -0.15) is 0 Å². The summed E-state index contributed by atoms with van der Waals surface area (Å²) in [6.45, 7) is 0. The molecule has 35 heavy (non-hydrogen) atoms. The number of allylic oxidation sites excluding steroid dienone is 1. The molecule has 1 atom stereocenters. The molecule has 8 heteroatoms. The van der Waals surface area contributed by atoms with Crippen LogP contribution in [0.4, 0.5) is 0 Å². The summed E-state index contributed by atoms with van der Waals surface area (Å²) in [5.74, 6) is -0.0818. The van der Waals surface area contributed by atoms with Gasteiger partial charge in [0.1, 0.15) is 17.2 Å². The van der Waals surface area contributed by atoms with Crippen LogP contribution in [0.3, 0.4) is 0 Å². The van der Waals surface area contributed by atoms with Crippen LogP contribution in [0, 0.1) is 0 Å². The Morgan fingerprint density at radius 2 is 1.97 bits per heavy atom. The lowest BCUT2D eigenvalue weighted by Crippen LogP contribution is -2.26. The molecule has 0 bridgehead atoms. The molecule has 4 aromatic rings. The topological polar surface area (TPSA) is 108 Å². The van der Waals surface area contributed by atoms with Crippen LogP contribution in [-0.2, 0) is 4.79 Å². The molecule has 0 aliphatic carbocycles. The fourth-order valence-electron chi connectivity index (χ4n) is 4.57. The summed E-state index contributed by atoms with van der Waals surface area (Å²) in [5, 5.41) is 0.780. The first-order chi connectivity index (χ1) is 17.0. The standard InChI is InChI=1S/C27H18N2O6/c1-33-16-5-4-15-10-19(27(32)29-20(15)11-16)18-12-23(30)34-21-7-6-17-25(31)22(35-26(17)24(18)21)9-14-3-2-8-28-13-14/h2-11,13,18H,12H2,1H3,(H,29,32). The quantitative estimate of drug-likeness (QED) is 0.276. The molecule has 0 spiro atoms. The van der Waals surface area contributed by atoms with Crippen LogP contribution in [0.15, 0.2) is 71.5 Å². The summed E-state index contributed by atoms with van der Waals surface area (Å²) in [5.41, 5.74) is 2.22. The molecule has 2 aliphatic rings. The van der Waals surface area contributed by atoms with Gasteiger partial charge in [-0.3, -0.25) is 19.4 Å². The van der Waals surface area contributed by atoms with Crippen molar-refractivity contribution in [2.24, 2.45) is 0 Å². The number of esters is 1. The van der Waals surface area contributed by atoms with Gasteiger partial charge in [0.2, 0.25) is 5.78 Å². The Bertz CT molecular complexity index is 1620. The summed E-state index contributed by atoms with van der Waals surface area (Å²) in [7, 11) is 1.55. The normalized spacial score (nSPS) is 17.6. The Labute approximate surface area is 198 Å². The number of hydrogen-bond donors (Lipinski definition) is 1. The number of fused-ring (bicyclic) bond motifs is 4. The monoisotopic (exact) mass is 466 g/mol. The number of aromatic nitrogens is 2. The van der Waals surface area contributed by atoms with Gasteiger partial charge in [0.15, 0.2) is 5.76 Å². The Kier molecular flexibility index (Phi) is 4.74. The van der Waals surface area contributed by atoms with E-state index in [1.165, 1.54) is 0 Å². The summed E-state index contributed by atoms with van der Waals surface area (Å²) >= 11 is 0. The maximum atomic E-state index is 13.1. The highest BCUT2D eigenvalue weighted by Gasteiger charge is 2.39. The van der Waals surface area contributed by atoms with Crippen LogP contribution in [-0.4, -0.2) is 28.8 Å². The lowest BCUT2D eigenvalue weighted by molar-refractivity contribution is -0.135.